The largest absolute Gasteiger partial charge is 0.317 e. The molecule has 0 spiro atoms. The standard InChI is InChI=1S/C17H25N5/c1-21-11-3-5-15(21)17-20-14-4-2-8-19-16(14)22(17)12-13-6-9-18-10-7-13/h2,4,8,13,15,18H,3,5-7,9-12H2,1H3. The average molecular weight is 299 g/mol. The quantitative estimate of drug-likeness (QED) is 0.944. The van der Waals surface area contributed by atoms with Gasteiger partial charge in [-0.3, -0.25) is 4.90 Å². The maximum absolute atomic E-state index is 4.95. The van der Waals surface area contributed by atoms with Gasteiger partial charge in [-0.1, -0.05) is 0 Å². The molecule has 5 nitrogen and oxygen atoms in total. The second kappa shape index (κ2) is 5.97. The Morgan fingerprint density at radius 3 is 2.91 bits per heavy atom. The lowest BCUT2D eigenvalue weighted by molar-refractivity contribution is 0.283. The molecule has 0 aromatic carbocycles. The second-order valence-corrected chi connectivity index (χ2v) is 6.76. The van der Waals surface area contributed by atoms with Crippen molar-refractivity contribution in [3.8, 4) is 0 Å². The molecule has 5 heteroatoms. The van der Waals surface area contributed by atoms with Gasteiger partial charge in [-0.05, 0) is 70.4 Å². The number of imidazole rings is 1. The van der Waals surface area contributed by atoms with E-state index >= 15 is 0 Å². The number of nitrogens with one attached hydrogen (secondary N) is 1. The number of hydrogen-bond acceptors (Lipinski definition) is 4. The highest BCUT2D eigenvalue weighted by Gasteiger charge is 2.29. The third kappa shape index (κ3) is 2.52. The van der Waals surface area contributed by atoms with Crippen LogP contribution in [0.25, 0.3) is 11.2 Å². The van der Waals surface area contributed by atoms with Gasteiger partial charge in [0.15, 0.2) is 5.65 Å². The second-order valence-electron chi connectivity index (χ2n) is 6.76. The van der Waals surface area contributed by atoms with Crippen LogP contribution in [0.1, 0.15) is 37.5 Å². The van der Waals surface area contributed by atoms with Gasteiger partial charge in [0.05, 0.1) is 6.04 Å². The van der Waals surface area contributed by atoms with Gasteiger partial charge in [0.25, 0.3) is 0 Å². The Morgan fingerprint density at radius 1 is 1.27 bits per heavy atom. The number of hydrogen-bond donors (Lipinski definition) is 1. The molecule has 2 aliphatic rings. The summed E-state index contributed by atoms with van der Waals surface area (Å²) >= 11 is 0. The smallest absolute Gasteiger partial charge is 0.160 e. The van der Waals surface area contributed by atoms with E-state index in [4.69, 9.17) is 4.98 Å². The SMILES string of the molecule is CN1CCCC1c1nc2cccnc2n1CC1CCNCC1. The van der Waals surface area contributed by atoms with Gasteiger partial charge in [0.1, 0.15) is 11.3 Å². The Morgan fingerprint density at radius 2 is 2.14 bits per heavy atom. The summed E-state index contributed by atoms with van der Waals surface area (Å²) in [5.41, 5.74) is 2.11. The normalized spacial score (nSPS) is 24.3. The first kappa shape index (κ1) is 14.2. The molecule has 2 saturated heterocycles. The van der Waals surface area contributed by atoms with Crippen molar-refractivity contribution in [1.29, 1.82) is 0 Å². The highest BCUT2D eigenvalue weighted by Crippen LogP contribution is 2.32. The van der Waals surface area contributed by atoms with E-state index in [1.165, 1.54) is 38.1 Å². The van der Waals surface area contributed by atoms with Crippen LogP contribution in [0.15, 0.2) is 18.3 Å². The zero-order valence-electron chi connectivity index (χ0n) is 13.3. The molecule has 22 heavy (non-hydrogen) atoms. The first-order chi connectivity index (χ1) is 10.8. The van der Waals surface area contributed by atoms with Crippen LogP contribution in [0.5, 0.6) is 0 Å². The van der Waals surface area contributed by atoms with Crippen LogP contribution in [0.4, 0.5) is 0 Å². The maximum atomic E-state index is 4.95. The Bertz CT molecular complexity index is 644. The summed E-state index contributed by atoms with van der Waals surface area (Å²) in [6.07, 6.45) is 6.89. The van der Waals surface area contributed by atoms with Gasteiger partial charge >= 0.3 is 0 Å². The third-order valence-electron chi connectivity index (χ3n) is 5.25. The van der Waals surface area contributed by atoms with Gasteiger partial charge in [-0.25, -0.2) is 9.97 Å². The fourth-order valence-corrected chi connectivity index (χ4v) is 3.97. The molecule has 2 fully saturated rings. The number of likely N-dealkylation sites (tertiary alicyclic amines) is 1. The van der Waals surface area contributed by atoms with E-state index in [9.17, 15) is 0 Å². The fourth-order valence-electron chi connectivity index (χ4n) is 3.97. The lowest BCUT2D eigenvalue weighted by Gasteiger charge is -2.26. The van der Waals surface area contributed by atoms with E-state index in [2.05, 4.69) is 32.9 Å². The molecule has 2 aromatic rings. The average Bonchev–Trinajstić information content (AvgIpc) is 3.12. The van der Waals surface area contributed by atoms with Crippen molar-refractivity contribution in [2.75, 3.05) is 26.7 Å². The molecular weight excluding hydrogens is 274 g/mol. The Balaban J connectivity index is 1.72. The number of aromatic nitrogens is 3. The highest BCUT2D eigenvalue weighted by atomic mass is 15.2. The Hall–Kier alpha value is -1.46. The highest BCUT2D eigenvalue weighted by molar-refractivity contribution is 5.71. The monoisotopic (exact) mass is 299 g/mol. The molecule has 2 aromatic heterocycles. The van der Waals surface area contributed by atoms with Crippen LogP contribution in [0.2, 0.25) is 0 Å². The van der Waals surface area contributed by atoms with E-state index in [1.807, 2.05) is 12.3 Å². The van der Waals surface area contributed by atoms with Crippen LogP contribution < -0.4 is 5.32 Å². The minimum atomic E-state index is 0.455. The minimum Gasteiger partial charge on any atom is -0.317 e. The van der Waals surface area contributed by atoms with Crippen molar-refractivity contribution in [3.63, 3.8) is 0 Å². The Kier molecular flexibility index (Phi) is 3.84. The first-order valence-electron chi connectivity index (χ1n) is 8.55. The van der Waals surface area contributed by atoms with Crippen molar-refractivity contribution in [3.05, 3.63) is 24.2 Å². The molecule has 118 valence electrons. The van der Waals surface area contributed by atoms with Gasteiger partial charge < -0.3 is 9.88 Å². The van der Waals surface area contributed by atoms with Gasteiger partial charge in [-0.2, -0.15) is 0 Å². The summed E-state index contributed by atoms with van der Waals surface area (Å²) in [5.74, 6) is 1.97. The summed E-state index contributed by atoms with van der Waals surface area (Å²) in [5, 5.41) is 3.46. The van der Waals surface area contributed by atoms with Crippen molar-refractivity contribution in [2.24, 2.45) is 5.92 Å². The summed E-state index contributed by atoms with van der Waals surface area (Å²) in [4.78, 5) is 12.0. The van der Waals surface area contributed by atoms with Crippen molar-refractivity contribution in [2.45, 2.75) is 38.3 Å². The zero-order chi connectivity index (χ0) is 14.9. The molecule has 0 amide bonds. The van der Waals surface area contributed by atoms with Gasteiger partial charge in [0.2, 0.25) is 0 Å². The summed E-state index contributed by atoms with van der Waals surface area (Å²) < 4.78 is 2.41. The van der Waals surface area contributed by atoms with Crippen LogP contribution in [0.3, 0.4) is 0 Å². The summed E-state index contributed by atoms with van der Waals surface area (Å²) in [6, 6.07) is 4.54. The number of pyridine rings is 1. The number of piperidine rings is 1. The minimum absolute atomic E-state index is 0.455. The predicted molar refractivity (Wildman–Crippen MR) is 87.7 cm³/mol. The summed E-state index contributed by atoms with van der Waals surface area (Å²) in [6.45, 7) is 4.52. The fraction of sp³-hybridized carbons (Fsp3) is 0.647. The molecule has 1 atom stereocenters. The van der Waals surface area contributed by atoms with Crippen molar-refractivity contribution >= 4 is 11.2 Å². The van der Waals surface area contributed by atoms with E-state index < -0.39 is 0 Å². The van der Waals surface area contributed by atoms with Gasteiger partial charge in [0, 0.05) is 12.7 Å². The number of nitrogens with zero attached hydrogens (tertiary/aromatic N) is 4. The van der Waals surface area contributed by atoms with Crippen molar-refractivity contribution in [1.82, 2.24) is 24.8 Å². The lowest BCUT2D eigenvalue weighted by atomic mass is 9.98. The molecule has 0 radical (unpaired) electrons. The van der Waals surface area contributed by atoms with Crippen LogP contribution in [-0.4, -0.2) is 46.1 Å². The first-order valence-corrected chi connectivity index (χ1v) is 8.55. The Labute approximate surface area is 131 Å². The molecule has 0 bridgehead atoms. The van der Waals surface area contributed by atoms with E-state index in [1.54, 1.807) is 0 Å². The number of rotatable bonds is 3. The third-order valence-corrected chi connectivity index (χ3v) is 5.25. The lowest BCUT2D eigenvalue weighted by Crippen LogP contribution is -2.31. The van der Waals surface area contributed by atoms with Crippen LogP contribution in [0, 0.1) is 5.92 Å². The van der Waals surface area contributed by atoms with E-state index in [0.717, 1.165) is 36.7 Å². The maximum Gasteiger partial charge on any atom is 0.160 e. The molecule has 4 heterocycles. The van der Waals surface area contributed by atoms with Crippen LogP contribution in [-0.2, 0) is 6.54 Å². The predicted octanol–water partition coefficient (Wildman–Crippen LogP) is 2.20. The number of fused-ring (bicyclic) bond motifs is 1. The topological polar surface area (TPSA) is 46.0 Å². The zero-order valence-corrected chi connectivity index (χ0v) is 13.3. The molecule has 2 aliphatic heterocycles. The molecule has 1 unspecified atom stereocenters. The van der Waals surface area contributed by atoms with Crippen molar-refractivity contribution < 1.29 is 0 Å². The molecule has 0 aliphatic carbocycles. The van der Waals surface area contributed by atoms with Gasteiger partial charge in [-0.15, -0.1) is 0 Å². The molecular formula is C17H25N5. The van der Waals surface area contributed by atoms with E-state index in [0.29, 0.717) is 6.04 Å². The molecule has 4 rings (SSSR count). The molecule has 0 saturated carbocycles. The van der Waals surface area contributed by atoms with E-state index in [-0.39, 0.29) is 0 Å². The summed E-state index contributed by atoms with van der Waals surface area (Å²) in [7, 11) is 2.22. The molecule has 1 N–H and O–H groups in total. The van der Waals surface area contributed by atoms with Crippen LogP contribution >= 0.6 is 0 Å².